The van der Waals surface area contributed by atoms with E-state index in [1.54, 1.807) is 0 Å². The average Bonchev–Trinajstić information content (AvgIpc) is 2.50. The van der Waals surface area contributed by atoms with Crippen molar-refractivity contribution in [1.29, 1.82) is 0 Å². The van der Waals surface area contributed by atoms with Crippen LogP contribution in [-0.2, 0) is 6.54 Å². The standard InChI is InChI=1S/C8H15N3O/c1-5(2)6(3)8-11-10-7(4-9)12-8/h5-6H,4,9H2,1-3H3. The normalized spacial score (nSPS) is 13.8. The molecule has 1 atom stereocenters. The zero-order valence-electron chi connectivity index (χ0n) is 7.74. The Morgan fingerprint density at radius 1 is 1.33 bits per heavy atom. The molecule has 1 heterocycles. The van der Waals surface area contributed by atoms with Crippen molar-refractivity contribution in [2.75, 3.05) is 0 Å². The van der Waals surface area contributed by atoms with Crippen LogP contribution in [0.25, 0.3) is 0 Å². The molecule has 1 rings (SSSR count). The van der Waals surface area contributed by atoms with E-state index in [1.165, 1.54) is 0 Å². The van der Waals surface area contributed by atoms with Crippen LogP contribution in [-0.4, -0.2) is 10.2 Å². The Morgan fingerprint density at radius 2 is 2.00 bits per heavy atom. The first kappa shape index (κ1) is 9.19. The van der Waals surface area contributed by atoms with Crippen LogP contribution in [0.3, 0.4) is 0 Å². The number of hydrogen-bond donors (Lipinski definition) is 1. The number of nitrogens with two attached hydrogens (primary N) is 1. The first-order valence-electron chi connectivity index (χ1n) is 4.17. The highest BCUT2D eigenvalue weighted by Crippen LogP contribution is 2.21. The Labute approximate surface area is 72.2 Å². The van der Waals surface area contributed by atoms with E-state index in [0.29, 0.717) is 30.2 Å². The molecule has 68 valence electrons. The van der Waals surface area contributed by atoms with E-state index >= 15 is 0 Å². The van der Waals surface area contributed by atoms with Crippen LogP contribution in [0.5, 0.6) is 0 Å². The zero-order chi connectivity index (χ0) is 9.14. The second-order valence-electron chi connectivity index (χ2n) is 3.27. The lowest BCUT2D eigenvalue weighted by Gasteiger charge is -2.09. The second kappa shape index (κ2) is 3.67. The summed E-state index contributed by atoms with van der Waals surface area (Å²) in [5.41, 5.74) is 5.34. The van der Waals surface area contributed by atoms with Gasteiger partial charge in [-0.3, -0.25) is 0 Å². The minimum atomic E-state index is 0.304. The number of nitrogens with zero attached hydrogens (tertiary/aromatic N) is 2. The molecule has 0 radical (unpaired) electrons. The Hall–Kier alpha value is -0.900. The van der Waals surface area contributed by atoms with Gasteiger partial charge in [0.25, 0.3) is 0 Å². The van der Waals surface area contributed by atoms with Gasteiger partial charge >= 0.3 is 0 Å². The largest absolute Gasteiger partial charge is 0.424 e. The molecule has 0 aliphatic rings. The highest BCUT2D eigenvalue weighted by atomic mass is 16.4. The maximum Gasteiger partial charge on any atom is 0.230 e. The summed E-state index contributed by atoms with van der Waals surface area (Å²) < 4.78 is 5.31. The third-order valence-electron chi connectivity index (χ3n) is 2.05. The van der Waals surface area contributed by atoms with Crippen LogP contribution in [0.2, 0.25) is 0 Å². The fraction of sp³-hybridized carbons (Fsp3) is 0.750. The van der Waals surface area contributed by atoms with E-state index in [-0.39, 0.29) is 0 Å². The van der Waals surface area contributed by atoms with Crippen molar-refractivity contribution in [3.8, 4) is 0 Å². The summed E-state index contributed by atoms with van der Waals surface area (Å²) in [6, 6.07) is 0. The third-order valence-corrected chi connectivity index (χ3v) is 2.05. The van der Waals surface area contributed by atoms with Crippen LogP contribution in [0.1, 0.15) is 38.5 Å². The van der Waals surface area contributed by atoms with Gasteiger partial charge in [0.05, 0.1) is 6.54 Å². The van der Waals surface area contributed by atoms with Crippen LogP contribution < -0.4 is 5.73 Å². The van der Waals surface area contributed by atoms with Crippen molar-refractivity contribution in [3.05, 3.63) is 11.8 Å². The zero-order valence-corrected chi connectivity index (χ0v) is 7.74. The van der Waals surface area contributed by atoms with Crippen molar-refractivity contribution >= 4 is 0 Å². The van der Waals surface area contributed by atoms with Gasteiger partial charge < -0.3 is 10.2 Å². The van der Waals surface area contributed by atoms with Gasteiger partial charge in [0, 0.05) is 5.92 Å². The van der Waals surface area contributed by atoms with E-state index in [0.717, 1.165) is 0 Å². The molecule has 0 saturated heterocycles. The minimum absolute atomic E-state index is 0.304. The first-order valence-corrected chi connectivity index (χ1v) is 4.17. The predicted octanol–water partition coefficient (Wildman–Crippen LogP) is 1.29. The van der Waals surface area contributed by atoms with E-state index in [9.17, 15) is 0 Å². The van der Waals surface area contributed by atoms with Gasteiger partial charge in [-0.2, -0.15) is 0 Å². The van der Waals surface area contributed by atoms with E-state index < -0.39 is 0 Å². The SMILES string of the molecule is CC(C)C(C)c1nnc(CN)o1. The van der Waals surface area contributed by atoms with Gasteiger partial charge in [0.1, 0.15) is 0 Å². The summed E-state index contributed by atoms with van der Waals surface area (Å²) in [5.74, 6) is 2.01. The molecule has 4 heteroatoms. The summed E-state index contributed by atoms with van der Waals surface area (Å²) >= 11 is 0. The lowest BCUT2D eigenvalue weighted by molar-refractivity contribution is 0.381. The van der Waals surface area contributed by atoms with Crippen LogP contribution >= 0.6 is 0 Å². The maximum absolute atomic E-state index is 5.34. The smallest absolute Gasteiger partial charge is 0.230 e. The van der Waals surface area contributed by atoms with Crippen molar-refractivity contribution in [2.45, 2.75) is 33.2 Å². The van der Waals surface area contributed by atoms with Crippen molar-refractivity contribution in [2.24, 2.45) is 11.7 Å². The molecular formula is C8H15N3O. The Morgan fingerprint density at radius 3 is 2.42 bits per heavy atom. The number of rotatable bonds is 3. The van der Waals surface area contributed by atoms with Crippen molar-refractivity contribution in [3.63, 3.8) is 0 Å². The molecule has 1 aromatic heterocycles. The van der Waals surface area contributed by atoms with Crippen LogP contribution in [0, 0.1) is 5.92 Å². The van der Waals surface area contributed by atoms with Crippen molar-refractivity contribution < 1.29 is 4.42 Å². The fourth-order valence-electron chi connectivity index (χ4n) is 0.818. The third kappa shape index (κ3) is 1.82. The lowest BCUT2D eigenvalue weighted by Crippen LogP contribution is -2.02. The second-order valence-corrected chi connectivity index (χ2v) is 3.27. The van der Waals surface area contributed by atoms with Crippen molar-refractivity contribution in [1.82, 2.24) is 10.2 Å². The van der Waals surface area contributed by atoms with Crippen LogP contribution in [0.4, 0.5) is 0 Å². The molecule has 0 aliphatic carbocycles. The fourth-order valence-corrected chi connectivity index (χ4v) is 0.818. The molecule has 1 aromatic rings. The summed E-state index contributed by atoms with van der Waals surface area (Å²) in [7, 11) is 0. The van der Waals surface area contributed by atoms with Gasteiger partial charge in [-0.05, 0) is 5.92 Å². The van der Waals surface area contributed by atoms with Gasteiger partial charge in [-0.1, -0.05) is 20.8 Å². The Balaban J connectivity index is 2.74. The van der Waals surface area contributed by atoms with E-state index in [2.05, 4.69) is 31.0 Å². The van der Waals surface area contributed by atoms with Gasteiger partial charge in [0.15, 0.2) is 0 Å². The summed E-state index contributed by atoms with van der Waals surface area (Å²) in [6.07, 6.45) is 0. The molecule has 12 heavy (non-hydrogen) atoms. The molecule has 1 unspecified atom stereocenters. The number of aromatic nitrogens is 2. The number of hydrogen-bond acceptors (Lipinski definition) is 4. The van der Waals surface area contributed by atoms with E-state index in [4.69, 9.17) is 10.2 Å². The predicted molar refractivity (Wildman–Crippen MR) is 45.4 cm³/mol. The molecule has 4 nitrogen and oxygen atoms in total. The quantitative estimate of drug-likeness (QED) is 0.740. The Kier molecular flexibility index (Phi) is 2.81. The molecule has 2 N–H and O–H groups in total. The van der Waals surface area contributed by atoms with Gasteiger partial charge in [0.2, 0.25) is 11.8 Å². The molecule has 0 bridgehead atoms. The molecule has 0 spiro atoms. The monoisotopic (exact) mass is 169 g/mol. The van der Waals surface area contributed by atoms with E-state index in [1.807, 2.05) is 0 Å². The summed E-state index contributed by atoms with van der Waals surface area (Å²) in [5, 5.41) is 7.71. The van der Waals surface area contributed by atoms with Gasteiger partial charge in [-0.15, -0.1) is 10.2 Å². The maximum atomic E-state index is 5.34. The van der Waals surface area contributed by atoms with Gasteiger partial charge in [-0.25, -0.2) is 0 Å². The highest BCUT2D eigenvalue weighted by molar-refractivity contribution is 4.90. The van der Waals surface area contributed by atoms with Crippen LogP contribution in [0.15, 0.2) is 4.42 Å². The minimum Gasteiger partial charge on any atom is -0.424 e. The average molecular weight is 169 g/mol. The summed E-state index contributed by atoms with van der Waals surface area (Å²) in [6.45, 7) is 6.63. The summed E-state index contributed by atoms with van der Waals surface area (Å²) in [4.78, 5) is 0. The Bertz CT molecular complexity index is 244. The highest BCUT2D eigenvalue weighted by Gasteiger charge is 2.16. The molecule has 0 saturated carbocycles. The molecular weight excluding hydrogens is 154 g/mol. The topological polar surface area (TPSA) is 64.9 Å². The molecule has 0 amide bonds. The molecule has 0 aromatic carbocycles. The lowest BCUT2D eigenvalue weighted by atomic mass is 9.98. The first-order chi connectivity index (χ1) is 5.65. The molecule has 0 fully saturated rings. The molecule has 0 aliphatic heterocycles.